The van der Waals surface area contributed by atoms with Gasteiger partial charge < -0.3 is 14.6 Å². The highest BCUT2D eigenvalue weighted by Gasteiger charge is 2.16. The molecule has 0 aliphatic rings. The lowest BCUT2D eigenvalue weighted by molar-refractivity contribution is -0.118. The van der Waals surface area contributed by atoms with Crippen molar-refractivity contribution >= 4 is 23.2 Å². The molecular formula is C19H19N3O5. The molecule has 3 aromatic rings. The van der Waals surface area contributed by atoms with Crippen molar-refractivity contribution < 1.29 is 18.8 Å². The van der Waals surface area contributed by atoms with Crippen LogP contribution in [0, 0.1) is 12.8 Å². The van der Waals surface area contributed by atoms with Crippen molar-refractivity contribution in [3.8, 4) is 0 Å². The molecule has 0 aliphatic carbocycles. The van der Waals surface area contributed by atoms with Crippen LogP contribution in [0.1, 0.15) is 35.7 Å². The van der Waals surface area contributed by atoms with E-state index in [1.807, 2.05) is 0 Å². The number of rotatable bonds is 5. The van der Waals surface area contributed by atoms with Gasteiger partial charge >= 0.3 is 5.97 Å². The molecule has 0 saturated carbocycles. The van der Waals surface area contributed by atoms with Crippen LogP contribution < -0.4 is 10.9 Å². The molecule has 27 heavy (non-hydrogen) atoms. The highest BCUT2D eigenvalue weighted by atomic mass is 16.5. The maximum atomic E-state index is 12.4. The number of carbonyl (C=O) groups excluding carboxylic acids is 2. The molecule has 0 aliphatic heterocycles. The average molecular weight is 369 g/mol. The summed E-state index contributed by atoms with van der Waals surface area (Å²) in [5, 5.41) is 2.70. The van der Waals surface area contributed by atoms with E-state index in [0.717, 1.165) is 4.57 Å². The van der Waals surface area contributed by atoms with E-state index < -0.39 is 11.5 Å². The Bertz CT molecular complexity index is 1060. The molecule has 0 spiro atoms. The molecule has 0 fully saturated rings. The van der Waals surface area contributed by atoms with Crippen LogP contribution in [0.15, 0.2) is 45.7 Å². The maximum absolute atomic E-state index is 12.4. The lowest BCUT2D eigenvalue weighted by Gasteiger charge is -2.12. The first-order valence-electron chi connectivity index (χ1n) is 8.42. The normalized spacial score (nSPS) is 11.0. The maximum Gasteiger partial charge on any atom is 0.340 e. The van der Waals surface area contributed by atoms with E-state index in [-0.39, 0.29) is 24.0 Å². The second-order valence-corrected chi connectivity index (χ2v) is 6.35. The predicted molar refractivity (Wildman–Crippen MR) is 97.5 cm³/mol. The van der Waals surface area contributed by atoms with Crippen LogP contribution in [-0.4, -0.2) is 21.4 Å². The molecule has 0 atom stereocenters. The number of aromatic nitrogens is 2. The number of nitrogens with zero attached hydrogens (tertiary/aromatic N) is 2. The summed E-state index contributed by atoms with van der Waals surface area (Å²) in [5.74, 6) is -0.509. The van der Waals surface area contributed by atoms with E-state index >= 15 is 0 Å². The van der Waals surface area contributed by atoms with Crippen LogP contribution in [0.2, 0.25) is 0 Å². The van der Waals surface area contributed by atoms with Crippen LogP contribution >= 0.6 is 0 Å². The molecule has 8 nitrogen and oxygen atoms in total. The van der Waals surface area contributed by atoms with Gasteiger partial charge in [-0.2, -0.15) is 0 Å². The van der Waals surface area contributed by atoms with Gasteiger partial charge in [-0.15, -0.1) is 4.57 Å². The van der Waals surface area contributed by atoms with Gasteiger partial charge in [0, 0.05) is 18.1 Å². The quantitative estimate of drug-likeness (QED) is 0.693. The fourth-order valence-corrected chi connectivity index (χ4v) is 2.41. The first-order chi connectivity index (χ1) is 12.8. The Morgan fingerprint density at radius 2 is 2.00 bits per heavy atom. The van der Waals surface area contributed by atoms with Gasteiger partial charge in [0.1, 0.15) is 12.4 Å². The number of anilines is 1. The van der Waals surface area contributed by atoms with E-state index in [2.05, 4.69) is 10.3 Å². The first kappa shape index (κ1) is 18.4. The summed E-state index contributed by atoms with van der Waals surface area (Å²) in [7, 11) is 0. The number of hydrogen-bond donors (Lipinski definition) is 1. The summed E-state index contributed by atoms with van der Waals surface area (Å²) in [5.41, 5.74) is 0.843. The molecule has 8 heteroatoms. The van der Waals surface area contributed by atoms with Gasteiger partial charge in [-0.25, -0.2) is 9.78 Å². The average Bonchev–Trinajstić information content (AvgIpc) is 3.01. The second-order valence-electron chi connectivity index (χ2n) is 6.35. The summed E-state index contributed by atoms with van der Waals surface area (Å²) >= 11 is 0. The number of benzene rings is 1. The van der Waals surface area contributed by atoms with Crippen molar-refractivity contribution in [1.29, 1.82) is 0 Å². The largest absolute Gasteiger partial charge is 0.456 e. The molecule has 0 bridgehead atoms. The monoisotopic (exact) mass is 369 g/mol. The molecule has 0 unspecified atom stereocenters. The summed E-state index contributed by atoms with van der Waals surface area (Å²) in [4.78, 5) is 40.6. The number of para-hydroxylation sites is 1. The van der Waals surface area contributed by atoms with Crippen LogP contribution in [0.4, 0.5) is 5.69 Å². The third-order valence-electron chi connectivity index (χ3n) is 3.80. The lowest BCUT2D eigenvalue weighted by atomic mass is 10.1. The van der Waals surface area contributed by atoms with E-state index in [9.17, 15) is 14.4 Å². The second kappa shape index (κ2) is 7.45. The number of hydrogen-bond acceptors (Lipinski definition) is 6. The molecule has 2 aromatic heterocycles. The third-order valence-corrected chi connectivity index (χ3v) is 3.80. The molecule has 2 heterocycles. The number of carbonyl (C=O) groups is 2. The zero-order valence-electron chi connectivity index (χ0n) is 15.2. The minimum atomic E-state index is -0.625. The topological polar surface area (TPSA) is 103 Å². The fraction of sp³-hybridized carbons (Fsp3) is 0.263. The molecule has 0 saturated heterocycles. The Hall–Kier alpha value is -3.42. The van der Waals surface area contributed by atoms with Gasteiger partial charge in [0.15, 0.2) is 5.65 Å². The number of aryl methyl sites for hydroxylation is 1. The summed E-state index contributed by atoms with van der Waals surface area (Å²) < 4.78 is 11.6. The fourth-order valence-electron chi connectivity index (χ4n) is 2.41. The molecule has 0 radical (unpaired) electrons. The van der Waals surface area contributed by atoms with Crippen molar-refractivity contribution in [2.45, 2.75) is 27.4 Å². The number of fused-ring (bicyclic) bond motifs is 1. The van der Waals surface area contributed by atoms with Gasteiger partial charge in [0.2, 0.25) is 5.91 Å². The molecule has 3 rings (SSSR count). The molecular weight excluding hydrogens is 350 g/mol. The van der Waals surface area contributed by atoms with Crippen LogP contribution in [0.25, 0.3) is 5.65 Å². The van der Waals surface area contributed by atoms with E-state index in [4.69, 9.17) is 9.26 Å². The first-order valence-corrected chi connectivity index (χ1v) is 8.42. The Labute approximate surface area is 154 Å². The summed E-state index contributed by atoms with van der Waals surface area (Å²) in [6.45, 7) is 5.04. The standard InChI is InChI=1S/C19H19N3O5/c1-11(2)18(24)21-15-7-5-4-6-14(15)19(25)26-10-13-9-17(23)22-16(20-13)8-12(3)27-22/h4-9,11H,10H2,1-3H3,(H,21,24). The zero-order valence-corrected chi connectivity index (χ0v) is 15.2. The Morgan fingerprint density at radius 3 is 2.74 bits per heavy atom. The van der Waals surface area contributed by atoms with Crippen molar-refractivity contribution in [3.63, 3.8) is 0 Å². The van der Waals surface area contributed by atoms with Crippen LogP contribution in [-0.2, 0) is 16.1 Å². The molecule has 140 valence electrons. The number of amides is 1. The van der Waals surface area contributed by atoms with E-state index in [0.29, 0.717) is 22.8 Å². The Balaban J connectivity index is 1.77. The van der Waals surface area contributed by atoms with Crippen molar-refractivity contribution in [2.24, 2.45) is 5.92 Å². The minimum absolute atomic E-state index is 0.179. The molecule has 1 N–H and O–H groups in total. The van der Waals surface area contributed by atoms with Crippen molar-refractivity contribution in [1.82, 2.24) is 9.56 Å². The number of ether oxygens (including phenoxy) is 1. The Morgan fingerprint density at radius 1 is 1.26 bits per heavy atom. The van der Waals surface area contributed by atoms with Gasteiger partial charge in [-0.1, -0.05) is 26.0 Å². The summed E-state index contributed by atoms with van der Waals surface area (Å²) in [6, 6.07) is 9.43. The predicted octanol–water partition coefficient (Wildman–Crippen LogP) is 2.55. The highest BCUT2D eigenvalue weighted by Crippen LogP contribution is 2.18. The van der Waals surface area contributed by atoms with Gasteiger partial charge in [-0.3, -0.25) is 9.59 Å². The minimum Gasteiger partial charge on any atom is -0.456 e. The lowest BCUT2D eigenvalue weighted by Crippen LogP contribution is -2.20. The summed E-state index contributed by atoms with van der Waals surface area (Å²) in [6.07, 6.45) is 0. The van der Waals surface area contributed by atoms with Gasteiger partial charge in [0.25, 0.3) is 5.56 Å². The van der Waals surface area contributed by atoms with E-state index in [1.165, 1.54) is 6.07 Å². The van der Waals surface area contributed by atoms with E-state index in [1.54, 1.807) is 51.1 Å². The number of nitrogens with one attached hydrogen (secondary N) is 1. The third kappa shape index (κ3) is 4.05. The van der Waals surface area contributed by atoms with Crippen LogP contribution in [0.3, 0.4) is 0 Å². The van der Waals surface area contributed by atoms with Crippen molar-refractivity contribution in [3.05, 3.63) is 63.8 Å². The van der Waals surface area contributed by atoms with Crippen molar-refractivity contribution in [2.75, 3.05) is 5.32 Å². The zero-order chi connectivity index (χ0) is 19.6. The molecule has 1 amide bonds. The molecule has 1 aromatic carbocycles. The van der Waals surface area contributed by atoms with Gasteiger partial charge in [-0.05, 0) is 19.1 Å². The van der Waals surface area contributed by atoms with Crippen LogP contribution in [0.5, 0.6) is 0 Å². The SMILES string of the molecule is Cc1cc2nc(COC(=O)c3ccccc3NC(=O)C(C)C)cc(=O)n2o1. The smallest absolute Gasteiger partial charge is 0.340 e. The Kier molecular flexibility index (Phi) is 5.07. The number of esters is 1. The van der Waals surface area contributed by atoms with Gasteiger partial charge in [0.05, 0.1) is 16.9 Å². The highest BCUT2D eigenvalue weighted by molar-refractivity contribution is 6.01.